The summed E-state index contributed by atoms with van der Waals surface area (Å²) in [6, 6.07) is 0. The van der Waals surface area contributed by atoms with Crippen LogP contribution in [-0.4, -0.2) is 5.78 Å². The van der Waals surface area contributed by atoms with Crippen LogP contribution in [0.2, 0.25) is 0 Å². The highest BCUT2D eigenvalue weighted by atomic mass is 16.1. The number of carbonyl (C=O) groups is 1. The molecule has 1 nitrogen and oxygen atoms in total. The van der Waals surface area contributed by atoms with Crippen molar-refractivity contribution >= 4 is 5.78 Å². The Bertz CT molecular complexity index is 197. The van der Waals surface area contributed by atoms with Gasteiger partial charge >= 0.3 is 0 Å². The van der Waals surface area contributed by atoms with Gasteiger partial charge in [-0.1, -0.05) is 20.8 Å². The third-order valence-corrected chi connectivity index (χ3v) is 3.86. The highest BCUT2D eigenvalue weighted by molar-refractivity contribution is 5.76. The lowest BCUT2D eigenvalue weighted by molar-refractivity contribution is -0.119. The molecular weight excluding hydrogens is 172 g/mol. The number of ketones is 1. The van der Waals surface area contributed by atoms with Gasteiger partial charge in [-0.05, 0) is 49.9 Å². The summed E-state index contributed by atoms with van der Waals surface area (Å²) >= 11 is 0. The number of hydrogen-bond acceptors (Lipinski definition) is 1. The van der Waals surface area contributed by atoms with Crippen LogP contribution in [0.5, 0.6) is 0 Å². The minimum atomic E-state index is 0.317. The molecule has 1 heteroatoms. The van der Waals surface area contributed by atoms with Crippen molar-refractivity contribution in [3.05, 3.63) is 0 Å². The number of rotatable bonds is 3. The molecule has 82 valence electrons. The van der Waals surface area contributed by atoms with Crippen LogP contribution < -0.4 is 0 Å². The van der Waals surface area contributed by atoms with Crippen molar-refractivity contribution in [1.29, 1.82) is 0 Å². The van der Waals surface area contributed by atoms with E-state index in [1.807, 2.05) is 0 Å². The summed E-state index contributed by atoms with van der Waals surface area (Å²) in [6.45, 7) is 8.64. The van der Waals surface area contributed by atoms with Gasteiger partial charge in [-0.25, -0.2) is 0 Å². The first-order valence-electron chi connectivity index (χ1n) is 5.92. The highest BCUT2D eigenvalue weighted by Gasteiger charge is 2.32. The van der Waals surface area contributed by atoms with Crippen LogP contribution in [0.3, 0.4) is 0 Å². The van der Waals surface area contributed by atoms with Gasteiger partial charge in [0.05, 0.1) is 0 Å². The van der Waals surface area contributed by atoms with Crippen LogP contribution in [0.15, 0.2) is 0 Å². The van der Waals surface area contributed by atoms with E-state index in [0.29, 0.717) is 11.2 Å². The molecule has 1 fully saturated rings. The normalized spacial score (nSPS) is 33.4. The van der Waals surface area contributed by atoms with Gasteiger partial charge in [0.1, 0.15) is 5.78 Å². The van der Waals surface area contributed by atoms with Crippen LogP contribution in [0.4, 0.5) is 0 Å². The van der Waals surface area contributed by atoms with Crippen molar-refractivity contribution in [2.24, 2.45) is 17.3 Å². The third-order valence-electron chi connectivity index (χ3n) is 3.86. The maximum atomic E-state index is 11.1. The molecule has 0 unspecified atom stereocenters. The first-order chi connectivity index (χ1) is 6.43. The van der Waals surface area contributed by atoms with Crippen LogP contribution in [0, 0.1) is 17.3 Å². The molecule has 1 saturated carbocycles. The molecule has 0 N–H and O–H groups in total. The van der Waals surface area contributed by atoms with E-state index in [4.69, 9.17) is 0 Å². The van der Waals surface area contributed by atoms with Gasteiger partial charge in [-0.15, -0.1) is 0 Å². The van der Waals surface area contributed by atoms with E-state index >= 15 is 0 Å². The molecule has 0 spiro atoms. The van der Waals surface area contributed by atoms with E-state index in [-0.39, 0.29) is 0 Å². The number of hydrogen-bond donors (Lipinski definition) is 0. The van der Waals surface area contributed by atoms with Gasteiger partial charge in [-0.2, -0.15) is 0 Å². The lowest BCUT2D eigenvalue weighted by atomic mass is 9.67. The van der Waals surface area contributed by atoms with Crippen molar-refractivity contribution in [3.8, 4) is 0 Å². The van der Waals surface area contributed by atoms with Gasteiger partial charge in [0, 0.05) is 6.42 Å². The van der Waals surface area contributed by atoms with Gasteiger partial charge < -0.3 is 4.79 Å². The maximum Gasteiger partial charge on any atom is 0.130 e. The summed E-state index contributed by atoms with van der Waals surface area (Å²) in [5.41, 5.74) is 0.317. The van der Waals surface area contributed by atoms with E-state index in [9.17, 15) is 4.79 Å². The summed E-state index contributed by atoms with van der Waals surface area (Å²) < 4.78 is 0. The minimum Gasteiger partial charge on any atom is -0.300 e. The van der Waals surface area contributed by atoms with Crippen LogP contribution in [0.1, 0.15) is 59.8 Å². The van der Waals surface area contributed by atoms with Gasteiger partial charge in [0.25, 0.3) is 0 Å². The first kappa shape index (κ1) is 11.7. The Labute approximate surface area is 88.3 Å². The average molecular weight is 196 g/mol. The Morgan fingerprint density at radius 2 is 1.86 bits per heavy atom. The van der Waals surface area contributed by atoms with E-state index in [1.54, 1.807) is 6.92 Å². The molecule has 0 radical (unpaired) electrons. The molecule has 0 heterocycles. The average Bonchev–Trinajstić information content (AvgIpc) is 2.02. The molecule has 0 aromatic rings. The molecule has 0 aromatic carbocycles. The summed E-state index contributed by atoms with van der Waals surface area (Å²) in [4.78, 5) is 11.1. The molecule has 0 aromatic heterocycles. The second-order valence-corrected chi connectivity index (χ2v) is 5.77. The van der Waals surface area contributed by atoms with Crippen LogP contribution in [-0.2, 0) is 4.79 Å². The Morgan fingerprint density at radius 1 is 1.36 bits per heavy atom. The largest absolute Gasteiger partial charge is 0.300 e. The molecule has 14 heavy (non-hydrogen) atoms. The molecule has 0 saturated heterocycles. The zero-order chi connectivity index (χ0) is 10.8. The fourth-order valence-corrected chi connectivity index (χ4v) is 2.78. The van der Waals surface area contributed by atoms with E-state index < -0.39 is 0 Å². The lowest BCUT2D eigenvalue weighted by Gasteiger charge is -2.38. The molecule has 0 bridgehead atoms. The quantitative estimate of drug-likeness (QED) is 0.670. The van der Waals surface area contributed by atoms with Gasteiger partial charge in [0.2, 0.25) is 0 Å². The summed E-state index contributed by atoms with van der Waals surface area (Å²) in [5, 5.41) is 0. The molecule has 0 amide bonds. The fraction of sp³-hybridized carbons (Fsp3) is 0.923. The van der Waals surface area contributed by atoms with E-state index in [2.05, 4.69) is 20.8 Å². The lowest BCUT2D eigenvalue weighted by Crippen LogP contribution is -2.28. The Balaban J connectivity index is 2.44. The zero-order valence-corrected chi connectivity index (χ0v) is 10.1. The molecule has 1 aliphatic rings. The zero-order valence-electron chi connectivity index (χ0n) is 10.1. The van der Waals surface area contributed by atoms with Crippen molar-refractivity contribution < 1.29 is 4.79 Å². The number of carbonyl (C=O) groups excluding carboxylic acids is 1. The first-order valence-corrected chi connectivity index (χ1v) is 5.92. The predicted molar refractivity (Wildman–Crippen MR) is 60.2 cm³/mol. The maximum absolute atomic E-state index is 11.1. The van der Waals surface area contributed by atoms with Gasteiger partial charge in [0.15, 0.2) is 0 Å². The standard InChI is InChI=1S/C13H24O/c1-10(2)12-5-7-13(4,8-6-12)9-11(3)14/h10,12H,5-9H2,1-4H3. The molecule has 1 aliphatic carbocycles. The van der Waals surface area contributed by atoms with Crippen molar-refractivity contribution in [2.75, 3.05) is 0 Å². The van der Waals surface area contributed by atoms with Gasteiger partial charge in [-0.3, -0.25) is 0 Å². The molecular formula is C13H24O. The van der Waals surface area contributed by atoms with Crippen LogP contribution in [0.25, 0.3) is 0 Å². The van der Waals surface area contributed by atoms with Crippen LogP contribution >= 0.6 is 0 Å². The Hall–Kier alpha value is -0.330. The molecule has 0 aliphatic heterocycles. The smallest absolute Gasteiger partial charge is 0.130 e. The summed E-state index contributed by atoms with van der Waals surface area (Å²) in [5.74, 6) is 2.07. The van der Waals surface area contributed by atoms with Crippen molar-refractivity contribution in [3.63, 3.8) is 0 Å². The SMILES string of the molecule is CC(=O)CC1(C)CCC(C(C)C)CC1. The Kier molecular flexibility index (Phi) is 3.74. The summed E-state index contributed by atoms with van der Waals surface area (Å²) in [6.07, 6.45) is 5.92. The second-order valence-electron chi connectivity index (χ2n) is 5.77. The third kappa shape index (κ3) is 3.11. The molecule has 1 rings (SSSR count). The van der Waals surface area contributed by atoms with Crippen molar-refractivity contribution in [1.82, 2.24) is 0 Å². The Morgan fingerprint density at radius 3 is 2.21 bits per heavy atom. The van der Waals surface area contributed by atoms with Crippen molar-refractivity contribution in [2.45, 2.75) is 59.8 Å². The minimum absolute atomic E-state index is 0.317. The monoisotopic (exact) mass is 196 g/mol. The topological polar surface area (TPSA) is 17.1 Å². The fourth-order valence-electron chi connectivity index (χ4n) is 2.78. The second kappa shape index (κ2) is 4.46. The predicted octanol–water partition coefficient (Wildman–Crippen LogP) is 3.82. The summed E-state index contributed by atoms with van der Waals surface area (Å²) in [7, 11) is 0. The number of Topliss-reactive ketones (excluding diaryl/α,β-unsaturated/α-hetero) is 1. The highest BCUT2D eigenvalue weighted by Crippen LogP contribution is 2.43. The van der Waals surface area contributed by atoms with E-state index in [1.165, 1.54) is 25.7 Å². The van der Waals surface area contributed by atoms with E-state index in [0.717, 1.165) is 18.3 Å². The molecule has 0 atom stereocenters.